The maximum atomic E-state index is 7.13. The zero-order valence-electron chi connectivity index (χ0n) is 34.4. The van der Waals surface area contributed by atoms with E-state index in [1.807, 2.05) is 0 Å². The van der Waals surface area contributed by atoms with Crippen LogP contribution in [-0.4, -0.2) is 4.57 Å². The number of hydrogen-bond acceptors (Lipinski definition) is 2. The van der Waals surface area contributed by atoms with Gasteiger partial charge in [0, 0.05) is 32.7 Å². The molecule has 12 aromatic rings. The number of benzene rings is 10. The molecular weight excluding hydrogens is 753 g/mol. The smallest absolute Gasteiger partial charge is 0.145 e. The first kappa shape index (κ1) is 34.9. The standard InChI is InChI=1S/C59H40N2O/c1-59(2)47-26-11-7-24-44(47)56-48(59)27-17-32-53(56)61(52-31-15-14-30-51(52)60-49-28-12-8-22-41(49)42-23-9-13-29-50(42)60)54-35-34-43(58-57(54)45-25-10-16-33-55(45)62-58)46-36-37-18-3-4-19-38(37)39-20-5-6-21-40(39)46/h3-36H,1-2H3. The molecule has 0 radical (unpaired) electrons. The molecule has 1 aliphatic carbocycles. The fraction of sp³-hybridized carbons (Fsp3) is 0.0508. The molecule has 2 aromatic heterocycles. The summed E-state index contributed by atoms with van der Waals surface area (Å²) in [6.45, 7) is 4.73. The molecule has 0 saturated carbocycles. The highest BCUT2D eigenvalue weighted by atomic mass is 16.3. The molecule has 1 aliphatic rings. The molecule has 3 heteroatoms. The van der Waals surface area contributed by atoms with E-state index in [0.717, 1.165) is 55.8 Å². The van der Waals surface area contributed by atoms with Crippen LogP contribution in [-0.2, 0) is 5.41 Å². The first-order valence-corrected chi connectivity index (χ1v) is 21.5. The molecule has 0 fully saturated rings. The Balaban J connectivity index is 1.17. The molecule has 0 bridgehead atoms. The van der Waals surface area contributed by atoms with E-state index in [9.17, 15) is 0 Å². The van der Waals surface area contributed by atoms with Crippen molar-refractivity contribution in [3.63, 3.8) is 0 Å². The van der Waals surface area contributed by atoms with E-state index in [1.54, 1.807) is 0 Å². The van der Waals surface area contributed by atoms with Crippen LogP contribution in [0.4, 0.5) is 17.1 Å². The number of aromatic nitrogens is 1. The van der Waals surface area contributed by atoms with E-state index in [4.69, 9.17) is 4.42 Å². The Labute approximate surface area is 359 Å². The molecule has 292 valence electrons. The second-order valence-electron chi connectivity index (χ2n) is 17.2. The van der Waals surface area contributed by atoms with E-state index < -0.39 is 0 Å². The van der Waals surface area contributed by atoms with Gasteiger partial charge in [-0.3, -0.25) is 0 Å². The van der Waals surface area contributed by atoms with Gasteiger partial charge in [0.2, 0.25) is 0 Å². The van der Waals surface area contributed by atoms with E-state index in [0.29, 0.717) is 0 Å². The molecule has 13 rings (SSSR count). The second-order valence-corrected chi connectivity index (χ2v) is 17.2. The first-order valence-electron chi connectivity index (χ1n) is 21.5. The third-order valence-electron chi connectivity index (χ3n) is 13.6. The van der Waals surface area contributed by atoms with Crippen molar-refractivity contribution >= 4 is 82.4 Å². The largest absolute Gasteiger partial charge is 0.455 e. The highest BCUT2D eigenvalue weighted by molar-refractivity contribution is 6.22. The minimum atomic E-state index is -0.182. The van der Waals surface area contributed by atoms with Crippen molar-refractivity contribution in [2.45, 2.75) is 19.3 Å². The van der Waals surface area contributed by atoms with Crippen molar-refractivity contribution in [3.05, 3.63) is 217 Å². The minimum absolute atomic E-state index is 0.182. The van der Waals surface area contributed by atoms with Crippen LogP contribution in [0.15, 0.2) is 211 Å². The lowest BCUT2D eigenvalue weighted by Gasteiger charge is -2.31. The van der Waals surface area contributed by atoms with Gasteiger partial charge >= 0.3 is 0 Å². The predicted octanol–water partition coefficient (Wildman–Crippen LogP) is 16.4. The van der Waals surface area contributed by atoms with Gasteiger partial charge in [0.05, 0.1) is 39.2 Å². The summed E-state index contributed by atoms with van der Waals surface area (Å²) in [7, 11) is 0. The normalized spacial score (nSPS) is 13.1. The fourth-order valence-corrected chi connectivity index (χ4v) is 10.8. The van der Waals surface area contributed by atoms with Crippen molar-refractivity contribution in [2.75, 3.05) is 4.90 Å². The van der Waals surface area contributed by atoms with E-state index in [-0.39, 0.29) is 5.41 Å². The number of nitrogens with zero attached hydrogens (tertiary/aromatic N) is 2. The van der Waals surface area contributed by atoms with E-state index in [1.165, 1.54) is 65.6 Å². The Kier molecular flexibility index (Phi) is 7.36. The molecule has 2 heterocycles. The summed E-state index contributed by atoms with van der Waals surface area (Å²) < 4.78 is 9.58. The molecule has 10 aromatic carbocycles. The number of hydrogen-bond donors (Lipinski definition) is 0. The molecule has 0 unspecified atom stereocenters. The third-order valence-corrected chi connectivity index (χ3v) is 13.6. The summed E-state index contributed by atoms with van der Waals surface area (Å²) in [6.07, 6.45) is 0. The molecule has 62 heavy (non-hydrogen) atoms. The fourth-order valence-electron chi connectivity index (χ4n) is 10.8. The molecule has 0 saturated heterocycles. The Bertz CT molecular complexity index is 3750. The van der Waals surface area contributed by atoms with Crippen LogP contribution >= 0.6 is 0 Å². The van der Waals surface area contributed by atoms with Gasteiger partial charge in [-0.2, -0.15) is 0 Å². The van der Waals surface area contributed by atoms with Crippen molar-refractivity contribution in [1.82, 2.24) is 4.57 Å². The summed E-state index contributed by atoms with van der Waals surface area (Å²) in [6, 6.07) is 75.4. The van der Waals surface area contributed by atoms with Crippen molar-refractivity contribution in [3.8, 4) is 27.9 Å². The molecule has 0 N–H and O–H groups in total. The number of fused-ring (bicyclic) bond motifs is 12. The van der Waals surface area contributed by atoms with Crippen molar-refractivity contribution < 1.29 is 4.42 Å². The Morgan fingerprint density at radius 3 is 1.82 bits per heavy atom. The SMILES string of the molecule is CC1(C)c2ccccc2-c2c(N(c3ccccc3-n3c4ccccc4c4ccccc43)c3ccc(-c4cc5ccccc5c5ccccc45)c4oc5ccccc5c34)cccc21. The van der Waals surface area contributed by atoms with E-state index in [2.05, 4.69) is 230 Å². The lowest BCUT2D eigenvalue weighted by Crippen LogP contribution is -2.17. The monoisotopic (exact) mass is 792 g/mol. The zero-order valence-corrected chi connectivity index (χ0v) is 34.4. The quantitative estimate of drug-likeness (QED) is 0.162. The van der Waals surface area contributed by atoms with Gasteiger partial charge in [0.25, 0.3) is 0 Å². The van der Waals surface area contributed by atoms with Crippen LogP contribution in [0.2, 0.25) is 0 Å². The zero-order chi connectivity index (χ0) is 41.1. The number of anilines is 3. The number of furan rings is 1. The minimum Gasteiger partial charge on any atom is -0.455 e. The van der Waals surface area contributed by atoms with Crippen LogP contribution in [0.5, 0.6) is 0 Å². The molecule has 0 atom stereocenters. The Morgan fingerprint density at radius 2 is 1.02 bits per heavy atom. The van der Waals surface area contributed by atoms with Crippen molar-refractivity contribution in [2.24, 2.45) is 0 Å². The number of rotatable bonds is 5. The maximum absolute atomic E-state index is 7.13. The van der Waals surface area contributed by atoms with E-state index >= 15 is 0 Å². The lowest BCUT2D eigenvalue weighted by atomic mass is 9.82. The summed E-state index contributed by atoms with van der Waals surface area (Å²) in [5.74, 6) is 0. The summed E-state index contributed by atoms with van der Waals surface area (Å²) in [5, 5.41) is 9.51. The summed E-state index contributed by atoms with van der Waals surface area (Å²) in [4.78, 5) is 2.53. The average Bonchev–Trinajstić information content (AvgIpc) is 3.96. The first-order chi connectivity index (χ1) is 30.6. The van der Waals surface area contributed by atoms with Crippen LogP contribution in [0.1, 0.15) is 25.0 Å². The highest BCUT2D eigenvalue weighted by Gasteiger charge is 2.38. The third kappa shape index (κ3) is 4.82. The highest BCUT2D eigenvalue weighted by Crippen LogP contribution is 2.56. The molecule has 0 amide bonds. The topological polar surface area (TPSA) is 21.3 Å². The van der Waals surface area contributed by atoms with Gasteiger partial charge in [-0.25, -0.2) is 0 Å². The van der Waals surface area contributed by atoms with Crippen LogP contribution in [0.25, 0.3) is 93.2 Å². The number of para-hydroxylation sites is 5. The van der Waals surface area contributed by atoms with Gasteiger partial charge < -0.3 is 13.9 Å². The van der Waals surface area contributed by atoms with Crippen LogP contribution in [0.3, 0.4) is 0 Å². The lowest BCUT2D eigenvalue weighted by molar-refractivity contribution is 0.660. The molecule has 3 nitrogen and oxygen atoms in total. The molecule has 0 spiro atoms. The van der Waals surface area contributed by atoms with Gasteiger partial charge in [-0.1, -0.05) is 166 Å². The van der Waals surface area contributed by atoms with Crippen LogP contribution in [0, 0.1) is 0 Å². The van der Waals surface area contributed by atoms with Gasteiger partial charge in [-0.15, -0.1) is 0 Å². The van der Waals surface area contributed by atoms with Gasteiger partial charge in [-0.05, 0) is 98.4 Å². The van der Waals surface area contributed by atoms with Gasteiger partial charge in [0.1, 0.15) is 11.2 Å². The predicted molar refractivity (Wildman–Crippen MR) is 261 cm³/mol. The van der Waals surface area contributed by atoms with Crippen LogP contribution < -0.4 is 4.90 Å². The Morgan fingerprint density at radius 1 is 0.419 bits per heavy atom. The Hall–Kier alpha value is -7.88. The second kappa shape index (κ2) is 13.1. The average molecular weight is 793 g/mol. The molecular formula is C59H40N2O. The van der Waals surface area contributed by atoms with Crippen molar-refractivity contribution in [1.29, 1.82) is 0 Å². The molecule has 0 aliphatic heterocycles. The summed E-state index contributed by atoms with van der Waals surface area (Å²) >= 11 is 0. The maximum Gasteiger partial charge on any atom is 0.145 e. The van der Waals surface area contributed by atoms with Gasteiger partial charge in [0.15, 0.2) is 0 Å². The summed E-state index contributed by atoms with van der Waals surface area (Å²) in [5.41, 5.74) is 15.7.